The van der Waals surface area contributed by atoms with Crippen LogP contribution in [-0.2, 0) is 9.59 Å². The molecule has 0 fully saturated rings. The van der Waals surface area contributed by atoms with Crippen molar-refractivity contribution in [1.29, 1.82) is 0 Å². The lowest BCUT2D eigenvalue weighted by molar-refractivity contribution is -0.136. The molecule has 0 saturated carbocycles. The van der Waals surface area contributed by atoms with Crippen LogP contribution in [0.4, 0.5) is 17.1 Å². The number of rotatable bonds is 6. The molecule has 2 amide bonds. The molecule has 4 aromatic carbocycles. The van der Waals surface area contributed by atoms with E-state index in [2.05, 4.69) is 10.2 Å². The Morgan fingerprint density at radius 3 is 1.81 bits per heavy atom. The molecule has 0 aliphatic carbocycles. The van der Waals surface area contributed by atoms with E-state index in [-0.39, 0.29) is 24.3 Å². The molecule has 0 aromatic heterocycles. The van der Waals surface area contributed by atoms with Crippen LogP contribution in [0.3, 0.4) is 0 Å². The van der Waals surface area contributed by atoms with Gasteiger partial charge in [0.2, 0.25) is 5.91 Å². The van der Waals surface area contributed by atoms with E-state index in [0.29, 0.717) is 12.1 Å². The van der Waals surface area contributed by atoms with Crippen molar-refractivity contribution >= 4 is 34.7 Å². The maximum Gasteiger partial charge on any atom is 0.252 e. The zero-order valence-electron chi connectivity index (χ0n) is 19.7. The van der Waals surface area contributed by atoms with Crippen LogP contribution in [0, 0.1) is 0 Å². The minimum absolute atomic E-state index is 0.300. The first-order valence-electron chi connectivity index (χ1n) is 11.9. The lowest BCUT2D eigenvalue weighted by Crippen LogP contribution is -2.30. The quantitative estimate of drug-likeness (QED) is 0.341. The summed E-state index contributed by atoms with van der Waals surface area (Å²) < 4.78 is 0. The lowest BCUT2D eigenvalue weighted by Gasteiger charge is -2.24. The first-order chi connectivity index (χ1) is 17.7. The number of para-hydroxylation sites is 3. The molecule has 4 aromatic rings. The van der Waals surface area contributed by atoms with Crippen LogP contribution < -0.4 is 10.2 Å². The molecule has 1 atom stereocenters. The predicted molar refractivity (Wildman–Crippen MR) is 143 cm³/mol. The van der Waals surface area contributed by atoms with Crippen LogP contribution in [0.25, 0.3) is 0 Å². The van der Waals surface area contributed by atoms with E-state index in [9.17, 15) is 9.59 Å². The summed E-state index contributed by atoms with van der Waals surface area (Å²) in [6.45, 7) is 0. The standard InChI is InChI=1S/C30H26N4O2/c35-29(31-24-15-7-2-8-16-24)22-30(36)34-27(23-13-5-1-6-14-23)21-28(32-34)33(25-17-9-3-10-18-25)26-19-11-4-12-20-26/h1-20,27H,21-22H2,(H,31,35)/t27-/m1/s1. The maximum atomic E-state index is 13.4. The van der Waals surface area contributed by atoms with Crippen molar-refractivity contribution in [2.45, 2.75) is 18.9 Å². The zero-order chi connectivity index (χ0) is 24.7. The summed E-state index contributed by atoms with van der Waals surface area (Å²) in [6, 6.07) is 38.6. The van der Waals surface area contributed by atoms with Crippen molar-refractivity contribution in [3.8, 4) is 0 Å². The van der Waals surface area contributed by atoms with Gasteiger partial charge in [0.05, 0.1) is 6.04 Å². The topological polar surface area (TPSA) is 65.0 Å². The summed E-state index contributed by atoms with van der Waals surface area (Å²) in [6.07, 6.45) is 0.214. The second-order valence-electron chi connectivity index (χ2n) is 8.48. The Hall–Kier alpha value is -4.71. The number of nitrogens with one attached hydrogen (secondary N) is 1. The highest BCUT2D eigenvalue weighted by Gasteiger charge is 2.36. The minimum atomic E-state index is -0.371. The van der Waals surface area contributed by atoms with Gasteiger partial charge in [-0.2, -0.15) is 5.10 Å². The summed E-state index contributed by atoms with van der Waals surface area (Å²) in [7, 11) is 0. The third kappa shape index (κ3) is 5.18. The van der Waals surface area contributed by atoms with Crippen molar-refractivity contribution in [1.82, 2.24) is 5.01 Å². The molecule has 178 valence electrons. The first kappa shape index (κ1) is 23.1. The molecule has 1 aliphatic rings. The van der Waals surface area contributed by atoms with Crippen molar-refractivity contribution < 1.29 is 9.59 Å². The molecule has 5 rings (SSSR count). The fourth-order valence-corrected chi connectivity index (χ4v) is 4.34. The molecular weight excluding hydrogens is 448 g/mol. The third-order valence-corrected chi connectivity index (χ3v) is 5.99. The number of amidine groups is 1. The predicted octanol–water partition coefficient (Wildman–Crippen LogP) is 6.14. The highest BCUT2D eigenvalue weighted by Crippen LogP contribution is 2.36. The first-order valence-corrected chi connectivity index (χ1v) is 11.9. The van der Waals surface area contributed by atoms with E-state index in [0.717, 1.165) is 22.8 Å². The van der Waals surface area contributed by atoms with E-state index < -0.39 is 0 Å². The molecule has 36 heavy (non-hydrogen) atoms. The normalized spacial score (nSPS) is 14.7. The molecule has 1 aliphatic heterocycles. The SMILES string of the molecule is O=C(CC(=O)N1N=C(N(c2ccccc2)c2ccccc2)C[C@@H]1c1ccccc1)Nc1ccccc1. The van der Waals surface area contributed by atoms with Crippen LogP contribution in [-0.4, -0.2) is 22.7 Å². The summed E-state index contributed by atoms with van der Waals surface area (Å²) in [5.74, 6) is 0.0102. The molecule has 0 bridgehead atoms. The maximum absolute atomic E-state index is 13.4. The Morgan fingerprint density at radius 2 is 1.25 bits per heavy atom. The van der Waals surface area contributed by atoms with Crippen LogP contribution >= 0.6 is 0 Å². The van der Waals surface area contributed by atoms with E-state index in [1.165, 1.54) is 5.01 Å². The summed E-state index contributed by atoms with van der Waals surface area (Å²) in [4.78, 5) is 28.1. The molecule has 6 nitrogen and oxygen atoms in total. The molecule has 0 spiro atoms. The average Bonchev–Trinajstić information content (AvgIpc) is 3.36. The fourth-order valence-electron chi connectivity index (χ4n) is 4.34. The number of benzene rings is 4. The molecule has 6 heteroatoms. The monoisotopic (exact) mass is 474 g/mol. The molecule has 0 radical (unpaired) electrons. The van der Waals surface area contributed by atoms with Gasteiger partial charge < -0.3 is 5.32 Å². The average molecular weight is 475 g/mol. The van der Waals surface area contributed by atoms with Crippen molar-refractivity contribution in [2.24, 2.45) is 5.10 Å². The van der Waals surface area contributed by atoms with Gasteiger partial charge in [0.25, 0.3) is 5.91 Å². The van der Waals surface area contributed by atoms with Crippen molar-refractivity contribution in [2.75, 3.05) is 10.2 Å². The highest BCUT2D eigenvalue weighted by molar-refractivity contribution is 6.08. The van der Waals surface area contributed by atoms with Gasteiger partial charge in [0.15, 0.2) is 0 Å². The number of nitrogens with zero attached hydrogens (tertiary/aromatic N) is 3. The van der Waals surface area contributed by atoms with Crippen LogP contribution in [0.2, 0.25) is 0 Å². The largest absolute Gasteiger partial charge is 0.326 e. The van der Waals surface area contributed by atoms with E-state index in [1.54, 1.807) is 12.1 Å². The zero-order valence-corrected chi connectivity index (χ0v) is 19.7. The Kier molecular flexibility index (Phi) is 6.85. The van der Waals surface area contributed by atoms with Crippen LogP contribution in [0.1, 0.15) is 24.4 Å². The number of amides is 2. The molecule has 1 N–H and O–H groups in total. The van der Waals surface area contributed by atoms with Gasteiger partial charge in [-0.15, -0.1) is 0 Å². The van der Waals surface area contributed by atoms with E-state index in [1.807, 2.05) is 109 Å². The summed E-state index contributed by atoms with van der Waals surface area (Å²) in [5.41, 5.74) is 3.52. The summed E-state index contributed by atoms with van der Waals surface area (Å²) >= 11 is 0. The van der Waals surface area contributed by atoms with Gasteiger partial charge in [0.1, 0.15) is 12.3 Å². The molecule has 0 unspecified atom stereocenters. The van der Waals surface area contributed by atoms with Crippen molar-refractivity contribution in [3.63, 3.8) is 0 Å². The number of carbonyl (C=O) groups is 2. The van der Waals surface area contributed by atoms with Gasteiger partial charge in [0, 0.05) is 23.5 Å². The van der Waals surface area contributed by atoms with Crippen LogP contribution in [0.15, 0.2) is 126 Å². The second-order valence-corrected chi connectivity index (χ2v) is 8.48. The Labute approximate surface area is 210 Å². The second kappa shape index (κ2) is 10.7. The number of carbonyl (C=O) groups excluding carboxylic acids is 2. The van der Waals surface area contributed by atoms with E-state index in [4.69, 9.17) is 5.10 Å². The van der Waals surface area contributed by atoms with Gasteiger partial charge in [-0.25, -0.2) is 5.01 Å². The molecule has 0 saturated heterocycles. The Balaban J connectivity index is 1.46. The number of hydrogen-bond donors (Lipinski definition) is 1. The Bertz CT molecular complexity index is 1300. The fraction of sp³-hybridized carbons (Fsp3) is 0.100. The van der Waals surface area contributed by atoms with Gasteiger partial charge in [-0.1, -0.05) is 84.9 Å². The number of anilines is 3. The number of hydrogen-bond acceptors (Lipinski definition) is 4. The van der Waals surface area contributed by atoms with Gasteiger partial charge in [-0.3, -0.25) is 14.5 Å². The Morgan fingerprint density at radius 1 is 0.750 bits per heavy atom. The van der Waals surface area contributed by atoms with Gasteiger partial charge >= 0.3 is 0 Å². The van der Waals surface area contributed by atoms with Crippen LogP contribution in [0.5, 0.6) is 0 Å². The highest BCUT2D eigenvalue weighted by atomic mass is 16.2. The van der Waals surface area contributed by atoms with E-state index >= 15 is 0 Å². The smallest absolute Gasteiger partial charge is 0.252 e. The third-order valence-electron chi connectivity index (χ3n) is 5.99. The number of hydrazone groups is 1. The summed E-state index contributed by atoms with van der Waals surface area (Å²) in [5, 5.41) is 9.06. The molecular formula is C30H26N4O2. The molecule has 1 heterocycles. The minimum Gasteiger partial charge on any atom is -0.326 e. The van der Waals surface area contributed by atoms with Gasteiger partial charge in [-0.05, 0) is 42.0 Å². The lowest BCUT2D eigenvalue weighted by atomic mass is 10.0. The van der Waals surface area contributed by atoms with Crippen molar-refractivity contribution in [3.05, 3.63) is 127 Å².